The highest BCUT2D eigenvalue weighted by molar-refractivity contribution is 9.09. The zero-order valence-corrected chi connectivity index (χ0v) is 14.3. The van der Waals surface area contributed by atoms with Gasteiger partial charge in [0, 0.05) is 22.3 Å². The minimum Gasteiger partial charge on any atom is -0.490 e. The van der Waals surface area contributed by atoms with Gasteiger partial charge >= 0.3 is 0 Å². The second-order valence-electron chi connectivity index (χ2n) is 5.19. The fraction of sp³-hybridized carbons (Fsp3) is 0.625. The van der Waals surface area contributed by atoms with E-state index >= 15 is 0 Å². The van der Waals surface area contributed by atoms with E-state index < -0.39 is 0 Å². The van der Waals surface area contributed by atoms with Crippen molar-refractivity contribution >= 4 is 27.5 Å². The summed E-state index contributed by atoms with van der Waals surface area (Å²) in [5.74, 6) is 1.59. The molecule has 1 atom stereocenters. The van der Waals surface area contributed by atoms with Crippen LogP contribution >= 0.6 is 27.5 Å². The van der Waals surface area contributed by atoms with E-state index in [1.807, 2.05) is 12.1 Å². The SMILES string of the molecule is CCCCCCC(Br)c1cc2c(cc1Cl)OCCCO2. The first kappa shape index (κ1) is 16.0. The molecule has 20 heavy (non-hydrogen) atoms. The maximum Gasteiger partial charge on any atom is 0.162 e. The van der Waals surface area contributed by atoms with Crippen LogP contribution in [0.25, 0.3) is 0 Å². The lowest BCUT2D eigenvalue weighted by Gasteiger charge is -2.15. The summed E-state index contributed by atoms with van der Waals surface area (Å²) in [6, 6.07) is 3.92. The maximum atomic E-state index is 6.38. The lowest BCUT2D eigenvalue weighted by Crippen LogP contribution is -1.97. The van der Waals surface area contributed by atoms with Crippen molar-refractivity contribution in [1.82, 2.24) is 0 Å². The van der Waals surface area contributed by atoms with Gasteiger partial charge in [0.1, 0.15) is 0 Å². The second kappa shape index (κ2) is 8.14. The third-order valence-corrected chi connectivity index (χ3v) is 4.79. The van der Waals surface area contributed by atoms with Gasteiger partial charge in [-0.2, -0.15) is 0 Å². The lowest BCUT2D eigenvalue weighted by molar-refractivity contribution is 0.297. The van der Waals surface area contributed by atoms with E-state index in [2.05, 4.69) is 22.9 Å². The summed E-state index contributed by atoms with van der Waals surface area (Å²) in [4.78, 5) is 0.281. The fourth-order valence-corrected chi connectivity index (χ4v) is 3.47. The van der Waals surface area contributed by atoms with E-state index in [4.69, 9.17) is 21.1 Å². The summed E-state index contributed by atoms with van der Waals surface area (Å²) in [6.07, 6.45) is 7.07. The number of rotatable bonds is 6. The van der Waals surface area contributed by atoms with Crippen LogP contribution in [0.1, 0.15) is 55.8 Å². The van der Waals surface area contributed by atoms with E-state index in [9.17, 15) is 0 Å². The Morgan fingerprint density at radius 2 is 1.85 bits per heavy atom. The Kier molecular flexibility index (Phi) is 6.50. The smallest absolute Gasteiger partial charge is 0.162 e. The van der Waals surface area contributed by atoms with Crippen LogP contribution in [0.5, 0.6) is 11.5 Å². The first-order valence-electron chi connectivity index (χ1n) is 7.45. The first-order valence-corrected chi connectivity index (χ1v) is 8.75. The Morgan fingerprint density at radius 3 is 2.55 bits per heavy atom. The first-order chi connectivity index (χ1) is 9.72. The molecule has 2 rings (SSSR count). The molecule has 0 saturated carbocycles. The molecule has 1 aromatic carbocycles. The van der Waals surface area contributed by atoms with Crippen molar-refractivity contribution in [2.24, 2.45) is 0 Å². The minimum absolute atomic E-state index is 0.281. The summed E-state index contributed by atoms with van der Waals surface area (Å²) in [6.45, 7) is 3.63. The molecule has 0 bridgehead atoms. The van der Waals surface area contributed by atoms with Crippen molar-refractivity contribution < 1.29 is 9.47 Å². The molecular formula is C16H22BrClO2. The van der Waals surface area contributed by atoms with Gasteiger partial charge in [0.05, 0.1) is 13.2 Å². The number of alkyl halides is 1. The largest absolute Gasteiger partial charge is 0.490 e. The van der Waals surface area contributed by atoms with E-state index in [-0.39, 0.29) is 4.83 Å². The highest BCUT2D eigenvalue weighted by Gasteiger charge is 2.18. The summed E-state index contributed by atoms with van der Waals surface area (Å²) < 4.78 is 11.4. The van der Waals surface area contributed by atoms with Gasteiger partial charge in [-0.15, -0.1) is 0 Å². The highest BCUT2D eigenvalue weighted by atomic mass is 79.9. The van der Waals surface area contributed by atoms with Gasteiger partial charge in [-0.1, -0.05) is 60.1 Å². The van der Waals surface area contributed by atoms with Crippen molar-refractivity contribution in [1.29, 1.82) is 0 Å². The third-order valence-electron chi connectivity index (χ3n) is 3.52. The zero-order valence-electron chi connectivity index (χ0n) is 12.0. The molecule has 1 aliphatic heterocycles. The van der Waals surface area contributed by atoms with Crippen LogP contribution in [-0.4, -0.2) is 13.2 Å². The molecule has 4 heteroatoms. The number of hydrogen-bond donors (Lipinski definition) is 0. The average molecular weight is 362 g/mol. The number of fused-ring (bicyclic) bond motifs is 1. The standard InChI is InChI=1S/C16H22BrClO2/c1-2-3-4-5-7-13(17)12-10-15-16(11-14(12)18)20-9-6-8-19-15/h10-11,13H,2-9H2,1H3. The molecule has 0 aromatic heterocycles. The van der Waals surface area contributed by atoms with Crippen molar-refractivity contribution in [2.75, 3.05) is 13.2 Å². The Bertz CT molecular complexity index is 437. The molecule has 0 aliphatic carbocycles. The summed E-state index contributed by atoms with van der Waals surface area (Å²) in [5.41, 5.74) is 1.10. The molecule has 1 aliphatic rings. The van der Waals surface area contributed by atoms with Gasteiger partial charge in [-0.3, -0.25) is 0 Å². The molecule has 1 heterocycles. The Balaban J connectivity index is 2.05. The number of hydrogen-bond acceptors (Lipinski definition) is 2. The average Bonchev–Trinajstić information content (AvgIpc) is 2.67. The monoisotopic (exact) mass is 360 g/mol. The predicted octanol–water partition coefficient (Wildman–Crippen LogP) is 5.91. The van der Waals surface area contributed by atoms with Gasteiger partial charge in [-0.25, -0.2) is 0 Å². The molecule has 0 spiro atoms. The molecule has 0 amide bonds. The van der Waals surface area contributed by atoms with Crippen LogP contribution in [0, 0.1) is 0 Å². The van der Waals surface area contributed by atoms with Gasteiger partial charge < -0.3 is 9.47 Å². The third kappa shape index (κ3) is 4.29. The minimum atomic E-state index is 0.281. The van der Waals surface area contributed by atoms with Gasteiger partial charge in [-0.05, 0) is 18.1 Å². The molecule has 112 valence electrons. The Morgan fingerprint density at radius 1 is 1.15 bits per heavy atom. The van der Waals surface area contributed by atoms with Crippen molar-refractivity contribution in [2.45, 2.75) is 50.3 Å². The van der Waals surface area contributed by atoms with Gasteiger partial charge in [0.25, 0.3) is 0 Å². The number of benzene rings is 1. The molecule has 2 nitrogen and oxygen atoms in total. The van der Waals surface area contributed by atoms with Crippen LogP contribution in [-0.2, 0) is 0 Å². The topological polar surface area (TPSA) is 18.5 Å². The number of halogens is 2. The number of unbranched alkanes of at least 4 members (excludes halogenated alkanes) is 3. The lowest BCUT2D eigenvalue weighted by atomic mass is 10.0. The molecular weight excluding hydrogens is 340 g/mol. The molecule has 0 saturated heterocycles. The summed E-state index contributed by atoms with van der Waals surface area (Å²) >= 11 is 10.1. The molecule has 0 radical (unpaired) electrons. The van der Waals surface area contributed by atoms with E-state index in [1.54, 1.807) is 0 Å². The summed E-state index contributed by atoms with van der Waals surface area (Å²) in [7, 11) is 0. The highest BCUT2D eigenvalue weighted by Crippen LogP contribution is 2.41. The van der Waals surface area contributed by atoms with Gasteiger partial charge in [0.2, 0.25) is 0 Å². The summed E-state index contributed by atoms with van der Waals surface area (Å²) in [5, 5.41) is 0.756. The van der Waals surface area contributed by atoms with Crippen LogP contribution in [0.2, 0.25) is 5.02 Å². The van der Waals surface area contributed by atoms with E-state index in [0.29, 0.717) is 13.2 Å². The molecule has 1 unspecified atom stereocenters. The van der Waals surface area contributed by atoms with E-state index in [1.165, 1.54) is 25.7 Å². The Labute approximate surface area is 134 Å². The van der Waals surface area contributed by atoms with Gasteiger partial charge in [0.15, 0.2) is 11.5 Å². The fourth-order valence-electron chi connectivity index (χ4n) is 2.35. The zero-order chi connectivity index (χ0) is 14.4. The predicted molar refractivity (Wildman–Crippen MR) is 87.5 cm³/mol. The van der Waals surface area contributed by atoms with Crippen molar-refractivity contribution in [3.05, 3.63) is 22.7 Å². The number of ether oxygens (including phenoxy) is 2. The Hall–Kier alpha value is -0.410. The van der Waals surface area contributed by atoms with Crippen LogP contribution in [0.15, 0.2) is 12.1 Å². The quantitative estimate of drug-likeness (QED) is 0.463. The van der Waals surface area contributed by atoms with Crippen LogP contribution in [0.3, 0.4) is 0 Å². The second-order valence-corrected chi connectivity index (χ2v) is 6.70. The van der Waals surface area contributed by atoms with Crippen molar-refractivity contribution in [3.8, 4) is 11.5 Å². The molecule has 1 aromatic rings. The van der Waals surface area contributed by atoms with E-state index in [0.717, 1.165) is 34.9 Å². The van der Waals surface area contributed by atoms with Crippen molar-refractivity contribution in [3.63, 3.8) is 0 Å². The molecule has 0 fully saturated rings. The maximum absolute atomic E-state index is 6.38. The van der Waals surface area contributed by atoms with Crippen LogP contribution in [0.4, 0.5) is 0 Å². The molecule has 0 N–H and O–H groups in total. The normalized spacial score (nSPS) is 15.8. The van der Waals surface area contributed by atoms with Crippen LogP contribution < -0.4 is 9.47 Å².